The highest BCUT2D eigenvalue weighted by Crippen LogP contribution is 2.22. The van der Waals surface area contributed by atoms with Crippen LogP contribution in [0.5, 0.6) is 0 Å². The van der Waals surface area contributed by atoms with Crippen LogP contribution in [0.25, 0.3) is 0 Å². The van der Waals surface area contributed by atoms with Gasteiger partial charge in [0.15, 0.2) is 0 Å². The van der Waals surface area contributed by atoms with E-state index in [1.165, 1.54) is 6.42 Å². The fourth-order valence-electron chi connectivity index (χ4n) is 1.18. The summed E-state index contributed by atoms with van der Waals surface area (Å²) in [4.78, 5) is 0. The Morgan fingerprint density at radius 3 is 2.44 bits per heavy atom. The largest absolute Gasteiger partial charge is 0.390 e. The van der Waals surface area contributed by atoms with Gasteiger partial charge >= 0.3 is 0 Å². The summed E-state index contributed by atoms with van der Waals surface area (Å²) < 4.78 is 4.87. The molecule has 1 saturated carbocycles. The number of rotatable bonds is 1. The maximum Gasteiger partial charge on any atom is 0.0991 e. The fraction of sp³-hybridized carbons (Fsp3) is 1.00. The highest BCUT2D eigenvalue weighted by molar-refractivity contribution is 9.06. The van der Waals surface area contributed by atoms with Crippen LogP contribution in [0.2, 0.25) is 0 Å². The molecule has 0 aromatic carbocycles. The maximum absolute atomic E-state index is 9.21. The van der Waals surface area contributed by atoms with E-state index in [0.717, 1.165) is 19.3 Å². The zero-order valence-corrected chi connectivity index (χ0v) is 6.80. The zero-order valence-electron chi connectivity index (χ0n) is 5.22. The van der Waals surface area contributed by atoms with E-state index < -0.39 is 0 Å². The predicted octanol–water partition coefficient (Wildman–Crippen LogP) is 1.62. The molecule has 0 bridgehead atoms. The molecule has 0 amide bonds. The number of aliphatic hydroxyl groups is 1. The van der Waals surface area contributed by atoms with Gasteiger partial charge in [-0.2, -0.15) is 0 Å². The molecule has 1 rings (SSSR count). The van der Waals surface area contributed by atoms with Gasteiger partial charge in [-0.1, -0.05) is 12.8 Å². The predicted molar refractivity (Wildman–Crippen MR) is 38.3 cm³/mol. The Hall–Kier alpha value is 0.400. The molecule has 0 saturated heterocycles. The van der Waals surface area contributed by atoms with Crippen LogP contribution in [0.3, 0.4) is 0 Å². The second-order valence-electron chi connectivity index (χ2n) is 2.48. The summed E-state index contributed by atoms with van der Waals surface area (Å²) in [7, 11) is 0. The van der Waals surface area contributed by atoms with E-state index in [-0.39, 0.29) is 12.2 Å². The molecule has 0 heterocycles. The molecule has 1 aliphatic carbocycles. The first-order valence-electron chi connectivity index (χ1n) is 3.30. The maximum atomic E-state index is 9.21. The lowest BCUT2D eigenvalue weighted by atomic mass is 9.95. The van der Waals surface area contributed by atoms with Crippen LogP contribution >= 0.6 is 16.3 Å². The van der Waals surface area contributed by atoms with Gasteiger partial charge in [0.1, 0.15) is 0 Å². The minimum atomic E-state index is -0.252. The number of halogens is 1. The highest BCUT2D eigenvalue weighted by Gasteiger charge is 2.22. The normalized spacial score (nSPS) is 36.7. The quantitative estimate of drug-likeness (QED) is 0.688. The summed E-state index contributed by atoms with van der Waals surface area (Å²) in [6, 6.07) is 0. The van der Waals surface area contributed by atoms with Crippen LogP contribution in [0.4, 0.5) is 0 Å². The summed E-state index contributed by atoms with van der Waals surface area (Å²) in [6.45, 7) is 0. The van der Waals surface area contributed by atoms with E-state index in [9.17, 15) is 5.11 Å². The molecule has 0 aromatic heterocycles. The van der Waals surface area contributed by atoms with Gasteiger partial charge in [0.05, 0.1) is 28.5 Å². The number of hydrogen-bond donors (Lipinski definition) is 1. The lowest BCUT2D eigenvalue weighted by Crippen LogP contribution is -2.29. The molecule has 9 heavy (non-hydrogen) atoms. The summed E-state index contributed by atoms with van der Waals surface area (Å²) in [5.41, 5.74) is 0. The first-order chi connectivity index (χ1) is 4.34. The van der Waals surface area contributed by atoms with Crippen LogP contribution in [0, 0.1) is 0 Å². The lowest BCUT2D eigenvalue weighted by molar-refractivity contribution is 0.0232. The molecule has 54 valence electrons. The Balaban J connectivity index is 2.30. The molecule has 3 heteroatoms. The minimum Gasteiger partial charge on any atom is -0.390 e. The van der Waals surface area contributed by atoms with Crippen molar-refractivity contribution in [3.63, 3.8) is 0 Å². The molecule has 0 aromatic rings. The summed E-state index contributed by atoms with van der Waals surface area (Å²) in [5, 5.41) is 9.21. The summed E-state index contributed by atoms with van der Waals surface area (Å²) in [5.74, 6) is 0. The summed E-state index contributed by atoms with van der Waals surface area (Å²) >= 11 is 2.89. The molecule has 1 aliphatic rings. The fourth-order valence-corrected chi connectivity index (χ4v) is 1.62. The van der Waals surface area contributed by atoms with Crippen molar-refractivity contribution in [2.45, 2.75) is 37.9 Å². The zero-order chi connectivity index (χ0) is 6.69. The van der Waals surface area contributed by atoms with Gasteiger partial charge in [0.25, 0.3) is 0 Å². The van der Waals surface area contributed by atoms with Gasteiger partial charge in [-0.25, -0.2) is 0 Å². The van der Waals surface area contributed by atoms with E-state index in [2.05, 4.69) is 16.3 Å². The molecule has 0 spiro atoms. The Morgan fingerprint density at radius 1 is 1.33 bits per heavy atom. The average Bonchev–Trinajstić information content (AvgIpc) is 1.89. The van der Waals surface area contributed by atoms with Crippen LogP contribution in [-0.2, 0) is 3.83 Å². The van der Waals surface area contributed by atoms with Gasteiger partial charge in [0, 0.05) is 0 Å². The standard InChI is InChI=1S/C6H11BrO2/c7-9-6-4-2-1-3-5(6)8/h5-6,8H,1-4H2. The average molecular weight is 195 g/mol. The Labute approximate surface area is 63.7 Å². The van der Waals surface area contributed by atoms with Crippen LogP contribution in [0.1, 0.15) is 25.7 Å². The molecular weight excluding hydrogens is 184 g/mol. The number of hydrogen-bond acceptors (Lipinski definition) is 2. The molecule has 0 aliphatic heterocycles. The molecule has 2 atom stereocenters. The van der Waals surface area contributed by atoms with E-state index in [1.54, 1.807) is 0 Å². The van der Waals surface area contributed by atoms with Gasteiger partial charge in [-0.15, -0.1) is 0 Å². The Morgan fingerprint density at radius 2 is 2.00 bits per heavy atom. The topological polar surface area (TPSA) is 29.5 Å². The lowest BCUT2D eigenvalue weighted by Gasteiger charge is -2.24. The highest BCUT2D eigenvalue weighted by atomic mass is 79.9. The van der Waals surface area contributed by atoms with Crippen LogP contribution < -0.4 is 0 Å². The monoisotopic (exact) mass is 194 g/mol. The van der Waals surface area contributed by atoms with Crippen molar-refractivity contribution in [3.8, 4) is 0 Å². The molecular formula is C6H11BrO2. The van der Waals surface area contributed by atoms with Crippen molar-refractivity contribution < 1.29 is 8.93 Å². The first-order valence-corrected chi connectivity index (χ1v) is 3.95. The van der Waals surface area contributed by atoms with Crippen molar-refractivity contribution >= 4 is 16.3 Å². The first kappa shape index (κ1) is 7.51. The molecule has 0 radical (unpaired) electrons. The van der Waals surface area contributed by atoms with Crippen LogP contribution in [0.15, 0.2) is 0 Å². The molecule has 1 N–H and O–H groups in total. The smallest absolute Gasteiger partial charge is 0.0991 e. The summed E-state index contributed by atoms with van der Waals surface area (Å²) in [6.07, 6.45) is 3.95. The Kier molecular flexibility index (Phi) is 2.95. The number of aliphatic hydroxyl groups excluding tert-OH is 1. The van der Waals surface area contributed by atoms with Gasteiger partial charge in [-0.3, -0.25) is 0 Å². The molecule has 2 unspecified atom stereocenters. The minimum absolute atomic E-state index is 0.0266. The molecule has 2 nitrogen and oxygen atoms in total. The van der Waals surface area contributed by atoms with Gasteiger partial charge in [-0.05, 0) is 12.8 Å². The van der Waals surface area contributed by atoms with Crippen molar-refractivity contribution in [1.82, 2.24) is 0 Å². The second kappa shape index (κ2) is 3.54. The third kappa shape index (κ3) is 1.92. The van der Waals surface area contributed by atoms with E-state index in [4.69, 9.17) is 3.83 Å². The van der Waals surface area contributed by atoms with E-state index >= 15 is 0 Å². The Bertz CT molecular complexity index is 87.1. The van der Waals surface area contributed by atoms with Crippen molar-refractivity contribution in [3.05, 3.63) is 0 Å². The van der Waals surface area contributed by atoms with E-state index in [0.29, 0.717) is 0 Å². The van der Waals surface area contributed by atoms with Gasteiger partial charge in [0.2, 0.25) is 0 Å². The third-order valence-electron chi connectivity index (χ3n) is 1.78. The van der Waals surface area contributed by atoms with E-state index in [1.807, 2.05) is 0 Å². The van der Waals surface area contributed by atoms with Crippen molar-refractivity contribution in [1.29, 1.82) is 0 Å². The third-order valence-corrected chi connectivity index (χ3v) is 2.26. The van der Waals surface area contributed by atoms with Crippen molar-refractivity contribution in [2.24, 2.45) is 0 Å². The second-order valence-corrected chi connectivity index (χ2v) is 2.85. The van der Waals surface area contributed by atoms with Crippen molar-refractivity contribution in [2.75, 3.05) is 0 Å². The SMILES string of the molecule is OC1CCCCC1OBr. The van der Waals surface area contributed by atoms with Gasteiger partial charge < -0.3 is 8.93 Å². The van der Waals surface area contributed by atoms with Crippen LogP contribution in [-0.4, -0.2) is 17.3 Å². The molecule has 1 fully saturated rings.